The van der Waals surface area contributed by atoms with Crippen molar-refractivity contribution < 1.29 is 22.7 Å². The second-order valence-electron chi connectivity index (χ2n) is 7.96. The van der Waals surface area contributed by atoms with Gasteiger partial charge in [-0.15, -0.1) is 0 Å². The van der Waals surface area contributed by atoms with Crippen molar-refractivity contribution in [2.45, 2.75) is 12.7 Å². The molecule has 7 nitrogen and oxygen atoms in total. The molecule has 0 saturated carbocycles. The number of methoxy groups -OCH3 is 1. The lowest BCUT2D eigenvalue weighted by Gasteiger charge is -2.18. The second-order valence-corrected chi connectivity index (χ2v) is 8.40. The summed E-state index contributed by atoms with van der Waals surface area (Å²) in [5.41, 5.74) is 2.71. The number of benzene rings is 1. The zero-order chi connectivity index (χ0) is 26.6. The van der Waals surface area contributed by atoms with Gasteiger partial charge in [0.1, 0.15) is 5.69 Å². The molecule has 0 spiro atoms. The Labute approximate surface area is 215 Å². The van der Waals surface area contributed by atoms with Crippen LogP contribution in [0.4, 0.5) is 13.2 Å². The summed E-state index contributed by atoms with van der Waals surface area (Å²) in [6.07, 6.45) is 0.883. The Morgan fingerprint density at radius 1 is 1.05 bits per heavy atom. The van der Waals surface area contributed by atoms with Crippen LogP contribution in [-0.4, -0.2) is 40.1 Å². The van der Waals surface area contributed by atoms with Crippen molar-refractivity contribution >= 4 is 18.0 Å². The molecule has 0 saturated heterocycles. The van der Waals surface area contributed by atoms with Crippen LogP contribution in [0, 0.1) is 0 Å². The van der Waals surface area contributed by atoms with Crippen LogP contribution in [0.25, 0.3) is 22.3 Å². The number of alkyl halides is 3. The van der Waals surface area contributed by atoms with Gasteiger partial charge in [-0.05, 0) is 59.2 Å². The molecule has 4 aromatic rings. The van der Waals surface area contributed by atoms with E-state index in [9.17, 15) is 18.0 Å². The molecule has 0 atom stereocenters. The first-order valence-electron chi connectivity index (χ1n) is 10.9. The zero-order valence-corrected chi connectivity index (χ0v) is 20.5. The Bertz CT molecular complexity index is 1470. The number of hydrogen-bond donors (Lipinski definition) is 0. The molecule has 0 radical (unpaired) electrons. The van der Waals surface area contributed by atoms with Gasteiger partial charge in [-0.3, -0.25) is 19.4 Å². The topological polar surface area (TPSA) is 72.6 Å². The molecule has 37 heavy (non-hydrogen) atoms. The van der Waals surface area contributed by atoms with E-state index in [1.165, 1.54) is 22.8 Å². The van der Waals surface area contributed by atoms with Crippen LogP contribution in [0.1, 0.15) is 11.3 Å². The van der Waals surface area contributed by atoms with E-state index in [0.29, 0.717) is 28.0 Å². The van der Waals surface area contributed by atoms with Crippen molar-refractivity contribution in [3.63, 3.8) is 0 Å². The molecule has 0 aliphatic heterocycles. The number of pyridine rings is 3. The third-order valence-corrected chi connectivity index (χ3v) is 5.72. The van der Waals surface area contributed by atoms with E-state index in [2.05, 4.69) is 15.1 Å². The summed E-state index contributed by atoms with van der Waals surface area (Å²) in [6.45, 7) is 0.0636. The molecule has 11 heteroatoms. The van der Waals surface area contributed by atoms with Crippen molar-refractivity contribution in [3.8, 4) is 28.1 Å². The predicted molar refractivity (Wildman–Crippen MR) is 133 cm³/mol. The molecule has 3 aromatic heterocycles. The smallest absolute Gasteiger partial charge is 0.433 e. The molecule has 0 unspecified atom stereocenters. The van der Waals surface area contributed by atoms with Crippen molar-refractivity contribution in [2.24, 2.45) is 5.10 Å². The van der Waals surface area contributed by atoms with Crippen LogP contribution in [0.15, 0.2) is 78.3 Å². The van der Waals surface area contributed by atoms with Crippen LogP contribution in [0.3, 0.4) is 0 Å². The number of halogens is 4. The lowest BCUT2D eigenvalue weighted by Crippen LogP contribution is -2.27. The van der Waals surface area contributed by atoms with Gasteiger partial charge in [0.2, 0.25) is 12.3 Å². The van der Waals surface area contributed by atoms with Crippen LogP contribution >= 0.6 is 11.6 Å². The minimum absolute atomic E-state index is 0.0636. The van der Waals surface area contributed by atoms with E-state index < -0.39 is 11.9 Å². The highest BCUT2D eigenvalue weighted by atomic mass is 35.5. The molecule has 190 valence electrons. The van der Waals surface area contributed by atoms with E-state index in [1.807, 2.05) is 12.1 Å². The van der Waals surface area contributed by atoms with Crippen LogP contribution in [0.2, 0.25) is 5.02 Å². The van der Waals surface area contributed by atoms with Gasteiger partial charge in [-0.2, -0.15) is 18.3 Å². The summed E-state index contributed by atoms with van der Waals surface area (Å²) in [5.74, 6) is -0.163. The number of hydrogen-bond acceptors (Lipinski definition) is 6. The van der Waals surface area contributed by atoms with E-state index >= 15 is 0 Å². The number of rotatable bonds is 7. The van der Waals surface area contributed by atoms with Gasteiger partial charge in [-0.1, -0.05) is 23.7 Å². The lowest BCUT2D eigenvalue weighted by molar-refractivity contribution is -0.141. The minimum atomic E-state index is -4.60. The van der Waals surface area contributed by atoms with E-state index in [4.69, 9.17) is 16.3 Å². The molecule has 3 heterocycles. The van der Waals surface area contributed by atoms with Crippen molar-refractivity contribution in [1.82, 2.24) is 19.5 Å². The van der Waals surface area contributed by atoms with Crippen LogP contribution in [-0.2, 0) is 17.5 Å². The molecule has 0 bridgehead atoms. The Morgan fingerprint density at radius 2 is 1.76 bits per heavy atom. The van der Waals surface area contributed by atoms with Gasteiger partial charge < -0.3 is 4.74 Å². The maximum atomic E-state index is 13.1. The summed E-state index contributed by atoms with van der Waals surface area (Å²) in [7, 11) is 2.89. The number of ether oxygens (including phenoxy) is 1. The number of nitrogens with zero attached hydrogens (tertiary/aromatic N) is 5. The fourth-order valence-corrected chi connectivity index (χ4v) is 3.91. The molecular weight excluding hydrogens is 507 g/mol. The Hall–Kier alpha value is -4.18. The molecule has 0 fully saturated rings. The number of carbonyl (C=O) groups is 1. The standard InChI is InChI=1S/C26H21ClF3N5O2/c1-34(15-19-5-8-22(26(28,29)30)32-25(19)37-2)33-24-23(18-9-12-31-13-10-18)21(11-14-35(24)16-36)17-3-6-20(27)7-4-17/h3-14,16H,15H2,1-2H3/b33-24-. The maximum Gasteiger partial charge on any atom is 0.433 e. The molecule has 1 aromatic carbocycles. The van der Waals surface area contributed by atoms with Crippen molar-refractivity contribution in [2.75, 3.05) is 14.2 Å². The first-order valence-corrected chi connectivity index (χ1v) is 11.3. The third kappa shape index (κ3) is 5.80. The number of aromatic nitrogens is 3. The Kier molecular flexibility index (Phi) is 7.58. The van der Waals surface area contributed by atoms with Crippen LogP contribution < -0.4 is 10.2 Å². The zero-order valence-electron chi connectivity index (χ0n) is 19.8. The van der Waals surface area contributed by atoms with Gasteiger partial charge in [0, 0.05) is 41.8 Å². The molecule has 0 aliphatic rings. The lowest BCUT2D eigenvalue weighted by atomic mass is 9.96. The normalized spacial score (nSPS) is 11.9. The van der Waals surface area contributed by atoms with Crippen molar-refractivity contribution in [1.29, 1.82) is 0 Å². The first-order chi connectivity index (χ1) is 17.7. The van der Waals surface area contributed by atoms with Gasteiger partial charge in [0.15, 0.2) is 5.49 Å². The molecule has 0 aliphatic carbocycles. The third-order valence-electron chi connectivity index (χ3n) is 5.46. The highest BCUT2D eigenvalue weighted by Crippen LogP contribution is 2.31. The summed E-state index contributed by atoms with van der Waals surface area (Å²) in [6, 6.07) is 14.8. The predicted octanol–water partition coefficient (Wildman–Crippen LogP) is 5.28. The summed E-state index contributed by atoms with van der Waals surface area (Å²) in [4.78, 5) is 19.7. The first kappa shape index (κ1) is 25.9. The second kappa shape index (κ2) is 10.8. The summed E-state index contributed by atoms with van der Waals surface area (Å²) < 4.78 is 45.7. The van der Waals surface area contributed by atoms with Gasteiger partial charge in [-0.25, -0.2) is 4.98 Å². The van der Waals surface area contributed by atoms with E-state index in [1.54, 1.807) is 56.0 Å². The minimum Gasteiger partial charge on any atom is -0.481 e. The molecule has 0 amide bonds. The SMILES string of the molecule is COc1nc(C(F)(F)F)ccc1CN(C)/N=c1/c(-c2ccncc2)c(-c2ccc(Cl)cc2)ccn1C=O. The Morgan fingerprint density at radius 3 is 2.38 bits per heavy atom. The monoisotopic (exact) mass is 527 g/mol. The van der Waals surface area contributed by atoms with Gasteiger partial charge in [0.25, 0.3) is 0 Å². The van der Waals surface area contributed by atoms with Crippen molar-refractivity contribution in [3.05, 3.63) is 95.0 Å². The highest BCUT2D eigenvalue weighted by molar-refractivity contribution is 6.30. The molecular formula is C26H21ClF3N5O2. The van der Waals surface area contributed by atoms with E-state index in [-0.39, 0.29) is 12.4 Å². The average Bonchev–Trinajstić information content (AvgIpc) is 2.89. The Balaban J connectivity index is 1.86. The fourth-order valence-electron chi connectivity index (χ4n) is 3.79. The number of carbonyl (C=O) groups excluding carboxylic acids is 1. The maximum absolute atomic E-state index is 13.1. The molecule has 4 rings (SSSR count). The average molecular weight is 528 g/mol. The largest absolute Gasteiger partial charge is 0.481 e. The van der Waals surface area contributed by atoms with Crippen LogP contribution in [0.5, 0.6) is 5.88 Å². The molecule has 0 N–H and O–H groups in total. The summed E-state index contributed by atoms with van der Waals surface area (Å²) in [5, 5.41) is 6.74. The van der Waals surface area contributed by atoms with E-state index in [0.717, 1.165) is 22.8 Å². The quantitative estimate of drug-likeness (QED) is 0.241. The van der Waals surface area contributed by atoms with Gasteiger partial charge in [0.05, 0.1) is 13.7 Å². The van der Waals surface area contributed by atoms with Gasteiger partial charge >= 0.3 is 6.18 Å². The fraction of sp³-hybridized carbons (Fsp3) is 0.154. The summed E-state index contributed by atoms with van der Waals surface area (Å²) >= 11 is 6.08. The highest BCUT2D eigenvalue weighted by Gasteiger charge is 2.33.